The van der Waals surface area contributed by atoms with Crippen molar-refractivity contribution >= 4 is 11.7 Å². The zero-order valence-corrected chi connectivity index (χ0v) is 16.2. The summed E-state index contributed by atoms with van der Waals surface area (Å²) < 4.78 is 22.0. The minimum absolute atomic E-state index is 0.110. The lowest BCUT2D eigenvalue weighted by Crippen LogP contribution is -2.43. The van der Waals surface area contributed by atoms with Crippen LogP contribution >= 0.6 is 0 Å². The van der Waals surface area contributed by atoms with Crippen LogP contribution in [0.25, 0.3) is 0 Å². The van der Waals surface area contributed by atoms with Crippen LogP contribution < -0.4 is 10.5 Å². The summed E-state index contributed by atoms with van der Waals surface area (Å²) in [7, 11) is 3.11. The van der Waals surface area contributed by atoms with Gasteiger partial charge in [-0.15, -0.1) is 0 Å². The van der Waals surface area contributed by atoms with Gasteiger partial charge >= 0.3 is 5.97 Å². The average Bonchev–Trinajstić information content (AvgIpc) is 2.73. The summed E-state index contributed by atoms with van der Waals surface area (Å²) in [6, 6.07) is 5.60. The third kappa shape index (κ3) is 4.45. The molecular formula is C20H26N2O6. The number of nitrogens with two attached hydrogens (primary N) is 1. The highest BCUT2D eigenvalue weighted by Crippen LogP contribution is 2.30. The first-order chi connectivity index (χ1) is 13.6. The van der Waals surface area contributed by atoms with Gasteiger partial charge in [0.15, 0.2) is 0 Å². The molecule has 0 aliphatic carbocycles. The quantitative estimate of drug-likeness (QED) is 0.450. The molecule has 8 heteroatoms. The smallest absolute Gasteiger partial charge is 0.332 e. The van der Waals surface area contributed by atoms with Gasteiger partial charge in [-0.05, 0) is 17.7 Å². The van der Waals surface area contributed by atoms with Gasteiger partial charge < -0.3 is 29.5 Å². The summed E-state index contributed by atoms with van der Waals surface area (Å²) in [4.78, 5) is 17.1. The number of rotatable bonds is 6. The van der Waals surface area contributed by atoms with Crippen LogP contribution in [0.1, 0.15) is 30.4 Å². The largest absolute Gasteiger partial charge is 0.492 e. The Balaban J connectivity index is 1.64. The number of esters is 1. The van der Waals surface area contributed by atoms with Gasteiger partial charge in [-0.3, -0.25) is 0 Å². The van der Waals surface area contributed by atoms with Gasteiger partial charge in [-0.25, -0.2) is 4.79 Å². The van der Waals surface area contributed by atoms with Crippen molar-refractivity contribution in [1.82, 2.24) is 0 Å². The van der Waals surface area contributed by atoms with Crippen molar-refractivity contribution in [3.05, 3.63) is 41.1 Å². The Bertz CT molecular complexity index is 768. The van der Waals surface area contributed by atoms with E-state index >= 15 is 0 Å². The zero-order chi connectivity index (χ0) is 20.0. The minimum Gasteiger partial charge on any atom is -0.492 e. The number of carbonyl (C=O) groups excluding carboxylic acids is 1. The molecule has 0 aromatic heterocycles. The Morgan fingerprint density at radius 3 is 2.79 bits per heavy atom. The fraction of sp³-hybridized carbons (Fsp3) is 0.500. The third-order valence-corrected chi connectivity index (χ3v) is 5.03. The van der Waals surface area contributed by atoms with Crippen molar-refractivity contribution < 1.29 is 28.6 Å². The molecule has 28 heavy (non-hydrogen) atoms. The van der Waals surface area contributed by atoms with Crippen molar-refractivity contribution in [2.45, 2.75) is 31.5 Å². The van der Waals surface area contributed by atoms with Gasteiger partial charge in [-0.2, -0.15) is 0 Å². The van der Waals surface area contributed by atoms with E-state index in [9.17, 15) is 4.79 Å². The molecule has 2 aliphatic rings. The van der Waals surface area contributed by atoms with E-state index in [0.29, 0.717) is 50.5 Å². The first-order valence-electron chi connectivity index (χ1n) is 9.21. The molecular weight excluding hydrogens is 364 g/mol. The number of hydrogen-bond donors (Lipinski definition) is 1. The van der Waals surface area contributed by atoms with Gasteiger partial charge in [0.25, 0.3) is 0 Å². The van der Waals surface area contributed by atoms with Gasteiger partial charge in [0.05, 0.1) is 12.3 Å². The Morgan fingerprint density at radius 2 is 2.07 bits per heavy atom. The lowest BCUT2D eigenvalue weighted by atomic mass is 9.90. The number of carbonyl (C=O) groups is 1. The number of hydrogen-bond acceptors (Lipinski definition) is 8. The second-order valence-corrected chi connectivity index (χ2v) is 6.67. The number of oxime groups is 1. The molecule has 1 fully saturated rings. The van der Waals surface area contributed by atoms with Crippen molar-refractivity contribution in [3.63, 3.8) is 0 Å². The second kappa shape index (κ2) is 9.07. The van der Waals surface area contributed by atoms with Crippen LogP contribution in [-0.2, 0) is 30.4 Å². The molecule has 3 rings (SSSR count). The van der Waals surface area contributed by atoms with E-state index in [1.165, 1.54) is 13.2 Å². The Kier molecular flexibility index (Phi) is 6.53. The summed E-state index contributed by atoms with van der Waals surface area (Å²) in [5.41, 5.74) is 8.35. The number of nitrogens with zero attached hydrogens (tertiary/aromatic N) is 1. The Morgan fingerprint density at radius 1 is 1.29 bits per heavy atom. The molecule has 1 saturated heterocycles. The summed E-state index contributed by atoms with van der Waals surface area (Å²) >= 11 is 0. The number of ether oxygens (including phenoxy) is 4. The lowest BCUT2D eigenvalue weighted by Gasteiger charge is -2.36. The summed E-state index contributed by atoms with van der Waals surface area (Å²) in [6.07, 6.45) is 3.19. The van der Waals surface area contributed by atoms with Gasteiger partial charge in [-0.1, -0.05) is 11.2 Å². The van der Waals surface area contributed by atoms with E-state index in [0.717, 1.165) is 16.8 Å². The predicted molar refractivity (Wildman–Crippen MR) is 102 cm³/mol. The van der Waals surface area contributed by atoms with Crippen molar-refractivity contribution in [2.75, 3.05) is 34.0 Å². The van der Waals surface area contributed by atoms with Crippen LogP contribution in [-0.4, -0.2) is 51.3 Å². The standard InChI is InChI=1S/C20H26N2O6/c1-24-20(6-9-26-10-7-20)18(21)12-19(23)28-13-14-3-4-15-16(22-25-2)5-8-27-17(15)11-14/h3-4,11-12H,5-10,13,21H2,1-2H3/b18-12?,22-16+. The molecule has 1 aromatic rings. The predicted octanol–water partition coefficient (Wildman–Crippen LogP) is 1.90. The van der Waals surface area contributed by atoms with Crippen LogP contribution in [0.5, 0.6) is 5.75 Å². The number of benzene rings is 1. The normalized spacial score (nSPS) is 20.2. The van der Waals surface area contributed by atoms with Crippen LogP contribution in [0.2, 0.25) is 0 Å². The molecule has 0 saturated carbocycles. The minimum atomic E-state index is -0.673. The first kappa shape index (κ1) is 20.2. The average molecular weight is 390 g/mol. The van der Waals surface area contributed by atoms with E-state index in [1.807, 2.05) is 18.2 Å². The molecule has 0 atom stereocenters. The fourth-order valence-electron chi connectivity index (χ4n) is 3.38. The molecule has 0 unspecified atom stereocenters. The Hall–Kier alpha value is -2.58. The highest BCUT2D eigenvalue weighted by Gasteiger charge is 2.35. The highest BCUT2D eigenvalue weighted by molar-refractivity contribution is 6.03. The molecule has 2 N–H and O–H groups in total. The number of methoxy groups -OCH3 is 1. The summed E-state index contributed by atoms with van der Waals surface area (Å²) in [5.74, 6) is 0.187. The molecule has 0 radical (unpaired) electrons. The summed E-state index contributed by atoms with van der Waals surface area (Å²) in [6.45, 7) is 1.72. The van der Waals surface area contributed by atoms with Crippen LogP contribution in [0, 0.1) is 0 Å². The third-order valence-electron chi connectivity index (χ3n) is 5.03. The first-order valence-corrected chi connectivity index (χ1v) is 9.21. The monoisotopic (exact) mass is 390 g/mol. The van der Waals surface area contributed by atoms with Crippen molar-refractivity contribution in [1.29, 1.82) is 0 Å². The van der Waals surface area contributed by atoms with E-state index in [4.69, 9.17) is 29.5 Å². The summed E-state index contributed by atoms with van der Waals surface area (Å²) in [5, 5.41) is 4.03. The Labute approximate surface area is 164 Å². The molecule has 2 heterocycles. The molecule has 0 spiro atoms. The maximum Gasteiger partial charge on any atom is 0.332 e. The number of fused-ring (bicyclic) bond motifs is 1. The van der Waals surface area contributed by atoms with E-state index in [1.54, 1.807) is 7.11 Å². The van der Waals surface area contributed by atoms with Gasteiger partial charge in [0.2, 0.25) is 0 Å². The zero-order valence-electron chi connectivity index (χ0n) is 16.2. The topological polar surface area (TPSA) is 102 Å². The molecule has 0 amide bonds. The fourth-order valence-corrected chi connectivity index (χ4v) is 3.38. The molecule has 8 nitrogen and oxygen atoms in total. The van der Waals surface area contributed by atoms with E-state index in [-0.39, 0.29) is 6.61 Å². The molecule has 0 bridgehead atoms. The van der Waals surface area contributed by atoms with E-state index in [2.05, 4.69) is 5.16 Å². The van der Waals surface area contributed by atoms with Crippen LogP contribution in [0.15, 0.2) is 35.1 Å². The molecule has 1 aromatic carbocycles. The van der Waals surface area contributed by atoms with Gasteiger partial charge in [0, 0.05) is 56.9 Å². The lowest BCUT2D eigenvalue weighted by molar-refractivity contribution is -0.139. The SMILES string of the molecule is CO/N=C1\CCOc2cc(COC(=O)C=C(N)C3(OC)CCOCC3)ccc21. The van der Waals surface area contributed by atoms with Crippen LogP contribution in [0.3, 0.4) is 0 Å². The van der Waals surface area contributed by atoms with Gasteiger partial charge in [0.1, 0.15) is 25.1 Å². The van der Waals surface area contributed by atoms with E-state index < -0.39 is 11.6 Å². The van der Waals surface area contributed by atoms with Crippen LogP contribution in [0.4, 0.5) is 0 Å². The van der Waals surface area contributed by atoms with Crippen molar-refractivity contribution in [2.24, 2.45) is 10.9 Å². The highest BCUT2D eigenvalue weighted by atomic mass is 16.6. The van der Waals surface area contributed by atoms with Crippen molar-refractivity contribution in [3.8, 4) is 5.75 Å². The maximum absolute atomic E-state index is 12.2. The maximum atomic E-state index is 12.2. The molecule has 2 aliphatic heterocycles. The second-order valence-electron chi connectivity index (χ2n) is 6.67. The molecule has 152 valence electrons.